The monoisotopic (exact) mass is 228 g/mol. The Bertz CT molecular complexity index is 432. The predicted molar refractivity (Wildman–Crippen MR) is 54.0 cm³/mol. The zero-order valence-electron chi connectivity index (χ0n) is 7.69. The van der Waals surface area contributed by atoms with Crippen molar-refractivity contribution in [3.8, 4) is 11.8 Å². The van der Waals surface area contributed by atoms with E-state index in [4.69, 9.17) is 11.6 Å². The summed E-state index contributed by atoms with van der Waals surface area (Å²) in [7, 11) is 0. The van der Waals surface area contributed by atoms with Crippen molar-refractivity contribution in [2.45, 2.75) is 6.42 Å². The van der Waals surface area contributed by atoms with Crippen LogP contribution >= 0.6 is 11.6 Å². The van der Waals surface area contributed by atoms with Crippen LogP contribution in [-0.2, 0) is 0 Å². The molecule has 0 N–H and O–H groups in total. The molecule has 15 heavy (non-hydrogen) atoms. The molecule has 1 aromatic rings. The van der Waals surface area contributed by atoms with Crippen LogP contribution in [0.3, 0.4) is 0 Å². The highest BCUT2D eigenvalue weighted by molar-refractivity contribution is 6.18. The number of halogens is 3. The highest BCUT2D eigenvalue weighted by Crippen LogP contribution is 2.14. The molecule has 0 aliphatic heterocycles. The number of alkyl halides is 1. The number of rotatable bonds is 2. The van der Waals surface area contributed by atoms with Gasteiger partial charge >= 0.3 is 0 Å². The van der Waals surface area contributed by atoms with E-state index in [1.165, 1.54) is 6.07 Å². The van der Waals surface area contributed by atoms with Crippen molar-refractivity contribution < 1.29 is 13.6 Å². The van der Waals surface area contributed by atoms with Crippen LogP contribution in [0.15, 0.2) is 12.1 Å². The molecular formula is C11H7ClF2O. The molecule has 0 bridgehead atoms. The van der Waals surface area contributed by atoms with Gasteiger partial charge < -0.3 is 0 Å². The van der Waals surface area contributed by atoms with Crippen LogP contribution < -0.4 is 0 Å². The fourth-order valence-corrected chi connectivity index (χ4v) is 1.07. The van der Waals surface area contributed by atoms with E-state index in [1.54, 1.807) is 0 Å². The Kier molecular flexibility index (Phi) is 4.26. The van der Waals surface area contributed by atoms with Gasteiger partial charge in [0, 0.05) is 12.3 Å². The van der Waals surface area contributed by atoms with Gasteiger partial charge in [0.2, 0.25) is 0 Å². The van der Waals surface area contributed by atoms with Crippen molar-refractivity contribution >= 4 is 17.9 Å². The number of carbonyl (C=O) groups is 1. The molecule has 0 aliphatic rings. The highest BCUT2D eigenvalue weighted by atomic mass is 35.5. The summed E-state index contributed by atoms with van der Waals surface area (Å²) < 4.78 is 26.2. The third-order valence-corrected chi connectivity index (χ3v) is 1.88. The summed E-state index contributed by atoms with van der Waals surface area (Å²) in [5.41, 5.74) is -0.587. The van der Waals surface area contributed by atoms with E-state index in [1.807, 2.05) is 0 Å². The molecule has 1 rings (SSSR count). The van der Waals surface area contributed by atoms with Crippen molar-refractivity contribution in [2.75, 3.05) is 5.88 Å². The summed E-state index contributed by atoms with van der Waals surface area (Å²) >= 11 is 5.38. The lowest BCUT2D eigenvalue weighted by molar-refractivity contribution is 0.111. The first kappa shape index (κ1) is 11.7. The lowest BCUT2D eigenvalue weighted by Crippen LogP contribution is -1.96. The maximum atomic E-state index is 13.4. The Hall–Kier alpha value is -1.40. The molecule has 0 aromatic heterocycles. The van der Waals surface area contributed by atoms with Gasteiger partial charge in [0.1, 0.15) is 5.82 Å². The van der Waals surface area contributed by atoms with Gasteiger partial charge in [0.05, 0.1) is 11.1 Å². The molecular weight excluding hydrogens is 222 g/mol. The molecule has 78 valence electrons. The minimum absolute atomic E-state index is 0.00335. The average molecular weight is 229 g/mol. The summed E-state index contributed by atoms with van der Waals surface area (Å²) in [4.78, 5) is 10.4. The Labute approximate surface area is 91.1 Å². The second-order valence-corrected chi connectivity index (χ2v) is 3.06. The fraction of sp³-hybridized carbons (Fsp3) is 0.182. The molecule has 0 atom stereocenters. The van der Waals surface area contributed by atoms with E-state index in [9.17, 15) is 13.6 Å². The average Bonchev–Trinajstić information content (AvgIpc) is 2.22. The van der Waals surface area contributed by atoms with E-state index in [2.05, 4.69) is 11.8 Å². The minimum Gasteiger partial charge on any atom is -0.298 e. The van der Waals surface area contributed by atoms with Crippen molar-refractivity contribution in [1.29, 1.82) is 0 Å². The zero-order chi connectivity index (χ0) is 11.3. The van der Waals surface area contributed by atoms with Crippen LogP contribution in [0.25, 0.3) is 0 Å². The van der Waals surface area contributed by atoms with Crippen LogP contribution in [-0.4, -0.2) is 12.2 Å². The largest absolute Gasteiger partial charge is 0.298 e. The molecule has 0 unspecified atom stereocenters. The minimum atomic E-state index is -0.924. The van der Waals surface area contributed by atoms with Gasteiger partial charge in [-0.3, -0.25) is 4.79 Å². The van der Waals surface area contributed by atoms with Gasteiger partial charge in [-0.1, -0.05) is 11.8 Å². The number of aldehydes is 1. The summed E-state index contributed by atoms with van der Waals surface area (Å²) in [5.74, 6) is 3.62. The van der Waals surface area contributed by atoms with E-state index in [-0.39, 0.29) is 11.8 Å². The number of benzene rings is 1. The second kappa shape index (κ2) is 5.47. The van der Waals surface area contributed by atoms with E-state index >= 15 is 0 Å². The normalized spacial score (nSPS) is 9.27. The molecule has 0 aliphatic carbocycles. The van der Waals surface area contributed by atoms with Crippen molar-refractivity contribution in [3.05, 3.63) is 34.9 Å². The third kappa shape index (κ3) is 2.77. The Morgan fingerprint density at radius 3 is 2.73 bits per heavy atom. The van der Waals surface area contributed by atoms with Crippen molar-refractivity contribution in [1.82, 2.24) is 0 Å². The van der Waals surface area contributed by atoms with Crippen LogP contribution in [0.5, 0.6) is 0 Å². The Morgan fingerprint density at radius 2 is 2.13 bits per heavy atom. The smallest absolute Gasteiger partial charge is 0.156 e. The maximum Gasteiger partial charge on any atom is 0.156 e. The van der Waals surface area contributed by atoms with Gasteiger partial charge in [-0.05, 0) is 12.1 Å². The molecule has 1 nitrogen and oxygen atoms in total. The number of hydrogen-bond donors (Lipinski definition) is 0. The van der Waals surface area contributed by atoms with Gasteiger partial charge in [-0.2, -0.15) is 0 Å². The highest BCUT2D eigenvalue weighted by Gasteiger charge is 2.10. The van der Waals surface area contributed by atoms with E-state index < -0.39 is 17.2 Å². The van der Waals surface area contributed by atoms with Gasteiger partial charge in [-0.15, -0.1) is 11.6 Å². The molecule has 0 fully saturated rings. The Balaban J connectivity index is 3.12. The first-order valence-electron chi connectivity index (χ1n) is 4.18. The third-order valence-electron chi connectivity index (χ3n) is 1.69. The van der Waals surface area contributed by atoms with Crippen molar-refractivity contribution in [2.24, 2.45) is 0 Å². The van der Waals surface area contributed by atoms with Crippen LogP contribution in [0.2, 0.25) is 0 Å². The number of hydrogen-bond acceptors (Lipinski definition) is 1. The molecule has 0 amide bonds. The van der Waals surface area contributed by atoms with E-state index in [0.717, 1.165) is 6.07 Å². The van der Waals surface area contributed by atoms with Crippen LogP contribution in [0, 0.1) is 23.5 Å². The van der Waals surface area contributed by atoms with Crippen LogP contribution in [0.1, 0.15) is 22.3 Å². The lowest BCUT2D eigenvalue weighted by Gasteiger charge is -1.98. The topological polar surface area (TPSA) is 17.1 Å². The van der Waals surface area contributed by atoms with Crippen LogP contribution in [0.4, 0.5) is 8.78 Å². The standard InChI is InChI=1S/C11H7ClF2O/c12-6-2-1-3-8-4-5-10(13)9(7-15)11(8)14/h4-5,7H,2,6H2. The molecule has 1 aromatic carbocycles. The SMILES string of the molecule is O=Cc1c(F)ccc(C#CCCCl)c1F. The summed E-state index contributed by atoms with van der Waals surface area (Å²) in [6.45, 7) is 0. The van der Waals surface area contributed by atoms with Gasteiger partial charge in [0.15, 0.2) is 12.1 Å². The second-order valence-electron chi connectivity index (χ2n) is 2.68. The maximum absolute atomic E-state index is 13.4. The first-order valence-corrected chi connectivity index (χ1v) is 4.72. The first-order chi connectivity index (χ1) is 7.20. The van der Waals surface area contributed by atoms with Crippen molar-refractivity contribution in [3.63, 3.8) is 0 Å². The van der Waals surface area contributed by atoms with Gasteiger partial charge in [-0.25, -0.2) is 8.78 Å². The quantitative estimate of drug-likeness (QED) is 0.432. The predicted octanol–water partition coefficient (Wildman–Crippen LogP) is 2.76. The summed E-state index contributed by atoms with van der Waals surface area (Å²) in [5, 5.41) is 0. The fourth-order valence-electron chi connectivity index (χ4n) is 0.979. The molecule has 4 heteroatoms. The lowest BCUT2D eigenvalue weighted by atomic mass is 10.1. The molecule has 0 saturated heterocycles. The molecule has 0 radical (unpaired) electrons. The number of carbonyl (C=O) groups excluding carboxylic acids is 1. The van der Waals surface area contributed by atoms with E-state index in [0.29, 0.717) is 12.3 Å². The zero-order valence-corrected chi connectivity index (χ0v) is 8.44. The summed E-state index contributed by atoms with van der Waals surface area (Å²) in [6, 6.07) is 2.20. The summed E-state index contributed by atoms with van der Waals surface area (Å²) in [6.07, 6.45) is 0.548. The molecule has 0 heterocycles. The van der Waals surface area contributed by atoms with Gasteiger partial charge in [0.25, 0.3) is 0 Å². The Morgan fingerprint density at radius 1 is 1.40 bits per heavy atom. The molecule has 0 saturated carbocycles. The molecule has 0 spiro atoms.